The van der Waals surface area contributed by atoms with E-state index < -0.39 is 12.3 Å². The van der Waals surface area contributed by atoms with Crippen LogP contribution >= 0.6 is 11.6 Å². The smallest absolute Gasteiger partial charge is 0.227 e. The van der Waals surface area contributed by atoms with E-state index in [2.05, 4.69) is 20.1 Å². The topological polar surface area (TPSA) is 88.3 Å². The van der Waals surface area contributed by atoms with Crippen molar-refractivity contribution in [1.82, 2.24) is 24.6 Å². The van der Waals surface area contributed by atoms with E-state index in [9.17, 15) is 5.11 Å². The molecule has 3 aromatic rings. The van der Waals surface area contributed by atoms with Gasteiger partial charge in [0.05, 0.1) is 48.3 Å². The number of likely N-dealkylation sites (tertiary alicyclic amines) is 1. The van der Waals surface area contributed by atoms with Gasteiger partial charge >= 0.3 is 0 Å². The number of aliphatic hydroxyl groups excluding tert-OH is 1. The minimum absolute atomic E-state index is 0.137. The summed E-state index contributed by atoms with van der Waals surface area (Å²) in [5, 5.41) is 19.3. The van der Waals surface area contributed by atoms with Crippen molar-refractivity contribution < 1.29 is 14.2 Å². The number of aromatic nitrogens is 4. The van der Waals surface area contributed by atoms with Gasteiger partial charge in [0.1, 0.15) is 6.17 Å². The van der Waals surface area contributed by atoms with Crippen molar-refractivity contribution in [2.75, 3.05) is 31.6 Å². The largest absolute Gasteiger partial charge is 0.389 e. The van der Waals surface area contributed by atoms with E-state index in [0.717, 1.165) is 28.1 Å². The van der Waals surface area contributed by atoms with E-state index in [1.54, 1.807) is 6.20 Å². The highest BCUT2D eigenvalue weighted by molar-refractivity contribution is 6.32. The van der Waals surface area contributed by atoms with Crippen LogP contribution < -0.4 is 5.32 Å². The molecule has 0 unspecified atom stereocenters. The van der Waals surface area contributed by atoms with Crippen LogP contribution in [0.15, 0.2) is 30.7 Å². The van der Waals surface area contributed by atoms with Crippen molar-refractivity contribution in [3.8, 4) is 0 Å². The Morgan fingerprint density at radius 3 is 2.77 bits per heavy atom. The summed E-state index contributed by atoms with van der Waals surface area (Å²) in [7, 11) is 0. The predicted molar refractivity (Wildman–Crippen MR) is 130 cm³/mol. The Labute approximate surface area is 207 Å². The third-order valence-corrected chi connectivity index (χ3v) is 8.82. The molecule has 8 nitrogen and oxygen atoms in total. The van der Waals surface area contributed by atoms with E-state index in [-0.39, 0.29) is 24.0 Å². The minimum Gasteiger partial charge on any atom is -0.389 e. The number of fused-ring (bicyclic) bond motifs is 1. The molecule has 4 heterocycles. The SMILES string of the molecule is O[C@@H]1COC[C@@H]1N1CC[C@H](c2cc3nc(Nc4cnn(C56CC(C5)C6)c4)ncc3cc2Cl)[C@@H](F)C1. The van der Waals surface area contributed by atoms with Crippen LogP contribution in [-0.2, 0) is 10.3 Å². The molecule has 35 heavy (non-hydrogen) atoms. The molecule has 0 amide bonds. The maximum Gasteiger partial charge on any atom is 0.227 e. The lowest BCUT2D eigenvalue weighted by Gasteiger charge is -2.61. The minimum atomic E-state index is -1.09. The van der Waals surface area contributed by atoms with Crippen LogP contribution in [-0.4, -0.2) is 74.4 Å². The number of hydrogen-bond donors (Lipinski definition) is 2. The maximum atomic E-state index is 15.4. The van der Waals surface area contributed by atoms with Gasteiger partial charge in [-0.3, -0.25) is 9.58 Å². The first-order valence-corrected chi connectivity index (χ1v) is 12.8. The highest BCUT2D eigenvalue weighted by Gasteiger charge is 2.58. The summed E-state index contributed by atoms with van der Waals surface area (Å²) < 4.78 is 22.8. The van der Waals surface area contributed by atoms with E-state index in [1.807, 2.05) is 29.4 Å². The summed E-state index contributed by atoms with van der Waals surface area (Å²) in [5.74, 6) is 1.05. The maximum absolute atomic E-state index is 15.4. The Hall–Kier alpha value is -2.33. The molecule has 8 rings (SSSR count). The molecule has 0 spiro atoms. The molecule has 5 fully saturated rings. The van der Waals surface area contributed by atoms with Crippen molar-refractivity contribution in [2.45, 2.75) is 55.5 Å². The van der Waals surface area contributed by atoms with Crippen LogP contribution in [0.1, 0.15) is 37.2 Å². The van der Waals surface area contributed by atoms with Gasteiger partial charge in [-0.25, -0.2) is 14.4 Å². The monoisotopic (exact) mass is 498 g/mol. The van der Waals surface area contributed by atoms with Gasteiger partial charge in [0.15, 0.2) is 0 Å². The Kier molecular flexibility index (Phi) is 5.07. The van der Waals surface area contributed by atoms with Gasteiger partial charge in [-0.2, -0.15) is 5.10 Å². The van der Waals surface area contributed by atoms with E-state index in [1.165, 1.54) is 19.3 Å². The summed E-state index contributed by atoms with van der Waals surface area (Å²) in [5.41, 5.74) is 2.60. The number of halogens is 2. The van der Waals surface area contributed by atoms with E-state index in [4.69, 9.17) is 21.3 Å². The van der Waals surface area contributed by atoms with Crippen LogP contribution in [0.25, 0.3) is 10.9 Å². The number of nitrogens with one attached hydrogen (secondary N) is 1. The Morgan fingerprint density at radius 2 is 2.06 bits per heavy atom. The molecule has 5 aliphatic rings. The highest BCUT2D eigenvalue weighted by Crippen LogP contribution is 2.62. The molecular formula is C25H28ClFN6O2. The summed E-state index contributed by atoms with van der Waals surface area (Å²) in [6.45, 7) is 1.71. The zero-order chi connectivity index (χ0) is 23.7. The number of hydrogen-bond acceptors (Lipinski definition) is 7. The Morgan fingerprint density at radius 1 is 1.20 bits per heavy atom. The van der Waals surface area contributed by atoms with Gasteiger partial charge < -0.3 is 15.2 Å². The van der Waals surface area contributed by atoms with Gasteiger partial charge in [0.25, 0.3) is 0 Å². The summed E-state index contributed by atoms with van der Waals surface area (Å²) in [4.78, 5) is 11.1. The molecule has 2 N–H and O–H groups in total. The van der Waals surface area contributed by atoms with Crippen LogP contribution in [0.3, 0.4) is 0 Å². The quantitative estimate of drug-likeness (QED) is 0.555. The second kappa shape index (κ2) is 8.09. The van der Waals surface area contributed by atoms with Crippen molar-refractivity contribution in [1.29, 1.82) is 0 Å². The van der Waals surface area contributed by atoms with Crippen molar-refractivity contribution in [2.24, 2.45) is 5.92 Å². The first-order chi connectivity index (χ1) is 17.0. The second-order valence-corrected chi connectivity index (χ2v) is 11.1. The third kappa shape index (κ3) is 3.63. The van der Waals surface area contributed by atoms with Gasteiger partial charge in [-0.1, -0.05) is 11.6 Å². The van der Waals surface area contributed by atoms with Crippen molar-refractivity contribution in [3.63, 3.8) is 0 Å². The fourth-order valence-electron chi connectivity index (χ4n) is 6.36. The van der Waals surface area contributed by atoms with Crippen LogP contribution in [0, 0.1) is 5.92 Å². The first kappa shape index (κ1) is 21.9. The lowest BCUT2D eigenvalue weighted by Crippen LogP contribution is -2.59. The zero-order valence-corrected chi connectivity index (χ0v) is 20.0. The molecule has 2 bridgehead atoms. The summed E-state index contributed by atoms with van der Waals surface area (Å²) in [6.07, 6.45) is 8.25. The van der Waals surface area contributed by atoms with Gasteiger partial charge in [-0.15, -0.1) is 0 Å². The number of ether oxygens (including phenoxy) is 1. The molecule has 2 saturated heterocycles. The van der Waals surface area contributed by atoms with E-state index in [0.29, 0.717) is 37.2 Å². The third-order valence-electron chi connectivity index (χ3n) is 8.49. The number of alkyl halides is 1. The van der Waals surface area contributed by atoms with Crippen LogP contribution in [0.4, 0.5) is 16.0 Å². The molecule has 10 heteroatoms. The van der Waals surface area contributed by atoms with Gasteiger partial charge in [0, 0.05) is 35.3 Å². The number of anilines is 2. The molecule has 184 valence electrons. The van der Waals surface area contributed by atoms with Crippen LogP contribution in [0.5, 0.6) is 0 Å². The second-order valence-electron chi connectivity index (χ2n) is 10.7. The number of benzene rings is 1. The van der Waals surface area contributed by atoms with Gasteiger partial charge in [-0.05, 0) is 55.8 Å². The molecule has 2 aromatic heterocycles. The molecule has 3 saturated carbocycles. The number of nitrogens with zero attached hydrogens (tertiary/aromatic N) is 5. The molecule has 2 aliphatic heterocycles. The van der Waals surface area contributed by atoms with Crippen molar-refractivity contribution in [3.05, 3.63) is 41.3 Å². The number of piperidine rings is 1. The lowest BCUT2D eigenvalue weighted by molar-refractivity contribution is -0.0977. The standard InChI is InChI=1S/C25H28ClFN6O2/c26-19-3-15-8-28-24(30-16-9-29-33(10-16)25-5-14(6-25)7-25)31-21(15)4-18(19)17-1-2-32(11-20(17)27)22-12-35-13-23(22)34/h3-4,8-10,14,17,20,22-23,34H,1-2,5-7,11-13H2,(H,28,30,31)/t14?,17-,20+,22+,23-,25?/m1/s1. The highest BCUT2D eigenvalue weighted by atomic mass is 35.5. The normalized spacial score (nSPS) is 34.5. The summed E-state index contributed by atoms with van der Waals surface area (Å²) >= 11 is 6.60. The average Bonchev–Trinajstić information content (AvgIpc) is 3.40. The van der Waals surface area contributed by atoms with E-state index >= 15 is 4.39 Å². The average molecular weight is 499 g/mol. The Balaban J connectivity index is 1.10. The lowest BCUT2D eigenvalue weighted by atomic mass is 9.50. The Bertz CT molecular complexity index is 1270. The number of rotatable bonds is 5. The van der Waals surface area contributed by atoms with Gasteiger partial charge in [0.2, 0.25) is 5.95 Å². The predicted octanol–water partition coefficient (Wildman–Crippen LogP) is 3.62. The molecule has 0 radical (unpaired) electrons. The van der Waals surface area contributed by atoms with Crippen LogP contribution in [0.2, 0.25) is 5.02 Å². The summed E-state index contributed by atoms with van der Waals surface area (Å²) in [6, 6.07) is 3.59. The molecule has 3 aliphatic carbocycles. The fourth-order valence-corrected chi connectivity index (χ4v) is 6.67. The fraction of sp³-hybridized carbons (Fsp3) is 0.560. The molecule has 4 atom stereocenters. The molecule has 1 aromatic carbocycles. The first-order valence-electron chi connectivity index (χ1n) is 12.4. The zero-order valence-electron chi connectivity index (χ0n) is 19.3. The number of aliphatic hydroxyl groups is 1. The molecular weight excluding hydrogens is 471 g/mol. The van der Waals surface area contributed by atoms with Crippen molar-refractivity contribution >= 4 is 34.1 Å².